The van der Waals surface area contributed by atoms with Crippen molar-refractivity contribution in [1.29, 1.82) is 0 Å². The molecule has 1 N–H and O–H groups in total. The Hall–Kier alpha value is -0.890. The van der Waals surface area contributed by atoms with E-state index in [1.165, 1.54) is 19.3 Å². The zero-order valence-corrected chi connectivity index (χ0v) is 10.3. The zero-order chi connectivity index (χ0) is 11.7. The summed E-state index contributed by atoms with van der Waals surface area (Å²) in [4.78, 5) is 12.2. The van der Waals surface area contributed by atoms with Crippen LogP contribution in [0, 0.1) is 17.8 Å². The molecule has 2 nitrogen and oxygen atoms in total. The second-order valence-electron chi connectivity index (χ2n) is 5.69. The second kappa shape index (κ2) is 4.77. The maximum Gasteiger partial charge on any atom is 0.159 e. The number of carbonyl (C=O) groups excluding carboxylic acids is 1. The molecule has 0 aromatic rings. The third-order valence-corrected chi connectivity index (χ3v) is 4.68. The smallest absolute Gasteiger partial charge is 0.159 e. The molecule has 0 aromatic heterocycles. The first-order chi connectivity index (χ1) is 8.34. The van der Waals surface area contributed by atoms with Crippen LogP contribution in [0.5, 0.6) is 0 Å². The van der Waals surface area contributed by atoms with E-state index in [0.29, 0.717) is 17.6 Å². The summed E-state index contributed by atoms with van der Waals surface area (Å²) in [6.07, 6.45) is 12.0. The topological polar surface area (TPSA) is 29.1 Å². The number of nitrogens with one attached hydrogen (secondary N) is 1. The summed E-state index contributed by atoms with van der Waals surface area (Å²) in [6.45, 7) is 2.28. The quantitative estimate of drug-likeness (QED) is 0.751. The summed E-state index contributed by atoms with van der Waals surface area (Å²) in [5.74, 6) is 2.39. The Morgan fingerprint density at radius 1 is 1.18 bits per heavy atom. The minimum atomic E-state index is 0.425. The van der Waals surface area contributed by atoms with E-state index in [2.05, 4.69) is 23.5 Å². The molecule has 0 amide bonds. The van der Waals surface area contributed by atoms with Gasteiger partial charge in [0, 0.05) is 6.42 Å². The largest absolute Gasteiger partial charge is 0.317 e. The number of Topliss-reactive ketones (excluding diaryl/α,β-unsaturated/α-hetero) is 1. The maximum absolute atomic E-state index is 12.2. The molecule has 2 unspecified atom stereocenters. The van der Waals surface area contributed by atoms with Crippen LogP contribution in [0.4, 0.5) is 0 Å². The summed E-state index contributed by atoms with van der Waals surface area (Å²) in [7, 11) is 0. The molecule has 2 fully saturated rings. The monoisotopic (exact) mass is 231 g/mol. The molecular formula is C15H21NO. The lowest BCUT2D eigenvalue weighted by atomic mass is 9.68. The van der Waals surface area contributed by atoms with Crippen LogP contribution in [-0.2, 0) is 4.79 Å². The first-order valence-electron chi connectivity index (χ1n) is 6.95. The van der Waals surface area contributed by atoms with Crippen molar-refractivity contribution in [1.82, 2.24) is 5.32 Å². The maximum atomic E-state index is 12.2. The average Bonchev–Trinajstić information content (AvgIpc) is 2.40. The lowest BCUT2D eigenvalue weighted by molar-refractivity contribution is -0.119. The SMILES string of the molecule is O=C1CC(C2CCNCC2)CC2CC=CC=C12. The van der Waals surface area contributed by atoms with Gasteiger partial charge in [0.15, 0.2) is 5.78 Å². The highest BCUT2D eigenvalue weighted by atomic mass is 16.1. The van der Waals surface area contributed by atoms with Crippen molar-refractivity contribution < 1.29 is 4.79 Å². The van der Waals surface area contributed by atoms with Crippen LogP contribution in [0.15, 0.2) is 23.8 Å². The van der Waals surface area contributed by atoms with Crippen LogP contribution < -0.4 is 5.32 Å². The van der Waals surface area contributed by atoms with Gasteiger partial charge in [0.05, 0.1) is 0 Å². The van der Waals surface area contributed by atoms with Gasteiger partial charge in [0.25, 0.3) is 0 Å². The van der Waals surface area contributed by atoms with Crippen LogP contribution in [0.2, 0.25) is 0 Å². The van der Waals surface area contributed by atoms with Crippen molar-refractivity contribution in [3.63, 3.8) is 0 Å². The molecule has 2 aliphatic carbocycles. The number of hydrogen-bond donors (Lipinski definition) is 1. The average molecular weight is 231 g/mol. The number of ketones is 1. The molecule has 3 aliphatic rings. The van der Waals surface area contributed by atoms with E-state index in [-0.39, 0.29) is 0 Å². The summed E-state index contributed by atoms with van der Waals surface area (Å²) in [5.41, 5.74) is 1.11. The van der Waals surface area contributed by atoms with Crippen LogP contribution in [0.1, 0.15) is 32.1 Å². The second-order valence-corrected chi connectivity index (χ2v) is 5.69. The van der Waals surface area contributed by atoms with Gasteiger partial charge in [0.2, 0.25) is 0 Å². The van der Waals surface area contributed by atoms with E-state index in [0.717, 1.165) is 37.4 Å². The molecule has 2 atom stereocenters. The van der Waals surface area contributed by atoms with Crippen molar-refractivity contribution >= 4 is 5.78 Å². The Morgan fingerprint density at radius 2 is 2.00 bits per heavy atom. The van der Waals surface area contributed by atoms with Crippen LogP contribution in [0.25, 0.3) is 0 Å². The molecular weight excluding hydrogens is 210 g/mol. The molecule has 1 saturated carbocycles. The van der Waals surface area contributed by atoms with Gasteiger partial charge in [-0.25, -0.2) is 0 Å². The number of allylic oxidation sites excluding steroid dienone is 4. The van der Waals surface area contributed by atoms with E-state index >= 15 is 0 Å². The van der Waals surface area contributed by atoms with Crippen LogP contribution >= 0.6 is 0 Å². The fourth-order valence-corrected chi connectivity index (χ4v) is 3.70. The standard InChI is InChI=1S/C15H21NO/c17-15-10-13(11-5-7-16-8-6-11)9-12-3-1-2-4-14(12)15/h1-2,4,11-13,16H,3,5-10H2. The molecule has 1 heterocycles. The van der Waals surface area contributed by atoms with Gasteiger partial charge in [-0.2, -0.15) is 0 Å². The number of fused-ring (bicyclic) bond motifs is 1. The lowest BCUT2D eigenvalue weighted by Gasteiger charge is -2.37. The Morgan fingerprint density at radius 3 is 2.82 bits per heavy atom. The van der Waals surface area contributed by atoms with Gasteiger partial charge in [-0.3, -0.25) is 4.79 Å². The van der Waals surface area contributed by atoms with E-state index in [4.69, 9.17) is 0 Å². The fraction of sp³-hybridized carbons (Fsp3) is 0.667. The van der Waals surface area contributed by atoms with Crippen molar-refractivity contribution in [2.24, 2.45) is 17.8 Å². The van der Waals surface area contributed by atoms with Crippen LogP contribution in [0.3, 0.4) is 0 Å². The third kappa shape index (κ3) is 2.23. The lowest BCUT2D eigenvalue weighted by Crippen LogP contribution is -2.36. The number of carbonyl (C=O) groups is 1. The van der Waals surface area contributed by atoms with Crippen LogP contribution in [-0.4, -0.2) is 18.9 Å². The van der Waals surface area contributed by atoms with Crippen molar-refractivity contribution in [3.8, 4) is 0 Å². The minimum Gasteiger partial charge on any atom is -0.317 e. The summed E-state index contributed by atoms with van der Waals surface area (Å²) in [5, 5.41) is 3.41. The Balaban J connectivity index is 1.71. The first kappa shape index (κ1) is 11.2. The molecule has 0 bridgehead atoms. The number of piperidine rings is 1. The summed E-state index contributed by atoms with van der Waals surface area (Å²) in [6, 6.07) is 0. The highest BCUT2D eigenvalue weighted by molar-refractivity contribution is 5.97. The molecule has 1 aliphatic heterocycles. The van der Waals surface area contributed by atoms with Gasteiger partial charge in [-0.05, 0) is 62.1 Å². The first-order valence-corrected chi connectivity index (χ1v) is 6.95. The number of rotatable bonds is 1. The highest BCUT2D eigenvalue weighted by Crippen LogP contribution is 2.40. The molecule has 2 heteroatoms. The van der Waals surface area contributed by atoms with Gasteiger partial charge < -0.3 is 5.32 Å². The fourth-order valence-electron chi connectivity index (χ4n) is 3.70. The predicted molar refractivity (Wildman–Crippen MR) is 68.7 cm³/mol. The molecule has 3 rings (SSSR count). The zero-order valence-electron chi connectivity index (χ0n) is 10.3. The highest BCUT2D eigenvalue weighted by Gasteiger charge is 2.35. The predicted octanol–water partition coefficient (Wildman–Crippen LogP) is 2.47. The van der Waals surface area contributed by atoms with Gasteiger partial charge >= 0.3 is 0 Å². The van der Waals surface area contributed by atoms with Crippen molar-refractivity contribution in [2.75, 3.05) is 13.1 Å². The van der Waals surface area contributed by atoms with Crippen molar-refractivity contribution in [3.05, 3.63) is 23.8 Å². The Bertz CT molecular complexity index is 363. The van der Waals surface area contributed by atoms with Crippen molar-refractivity contribution in [2.45, 2.75) is 32.1 Å². The van der Waals surface area contributed by atoms with E-state index in [1.54, 1.807) is 0 Å². The normalized spacial score (nSPS) is 34.4. The van der Waals surface area contributed by atoms with Gasteiger partial charge in [-0.1, -0.05) is 18.2 Å². The molecule has 0 radical (unpaired) electrons. The molecule has 17 heavy (non-hydrogen) atoms. The van der Waals surface area contributed by atoms with E-state index < -0.39 is 0 Å². The Kier molecular flexibility index (Phi) is 3.15. The van der Waals surface area contributed by atoms with E-state index in [1.807, 2.05) is 0 Å². The third-order valence-electron chi connectivity index (χ3n) is 4.68. The summed E-state index contributed by atoms with van der Waals surface area (Å²) < 4.78 is 0. The van der Waals surface area contributed by atoms with Gasteiger partial charge in [0.1, 0.15) is 0 Å². The van der Waals surface area contributed by atoms with E-state index in [9.17, 15) is 4.79 Å². The Labute approximate surface area is 103 Å². The number of hydrogen-bond acceptors (Lipinski definition) is 2. The minimum absolute atomic E-state index is 0.425. The molecule has 1 saturated heterocycles. The molecule has 0 spiro atoms. The summed E-state index contributed by atoms with van der Waals surface area (Å²) >= 11 is 0. The van der Waals surface area contributed by atoms with Gasteiger partial charge in [-0.15, -0.1) is 0 Å². The molecule has 92 valence electrons. The molecule has 0 aromatic carbocycles.